The van der Waals surface area contributed by atoms with Crippen LogP contribution in [0.2, 0.25) is 5.02 Å². The third-order valence-electron chi connectivity index (χ3n) is 3.39. The van der Waals surface area contributed by atoms with Gasteiger partial charge in [-0.1, -0.05) is 11.6 Å². The highest BCUT2D eigenvalue weighted by molar-refractivity contribution is 6.34. The predicted octanol–water partition coefficient (Wildman–Crippen LogP) is 3.18. The second-order valence-electron chi connectivity index (χ2n) is 5.06. The third-order valence-corrected chi connectivity index (χ3v) is 3.72. The van der Waals surface area contributed by atoms with E-state index in [1.807, 2.05) is 10.6 Å². The lowest BCUT2D eigenvalue weighted by molar-refractivity contribution is 0.101. The number of anilines is 2. The fourth-order valence-corrected chi connectivity index (χ4v) is 2.38. The van der Waals surface area contributed by atoms with Crippen LogP contribution in [0.25, 0.3) is 0 Å². The molecule has 5 nitrogen and oxygen atoms in total. The normalized spacial score (nSPS) is 13.7. The lowest BCUT2D eigenvalue weighted by Crippen LogP contribution is -2.16. The second kappa shape index (κ2) is 5.15. The third kappa shape index (κ3) is 2.71. The van der Waals surface area contributed by atoms with Crippen LogP contribution in [0.5, 0.6) is 0 Å². The molecule has 6 heteroatoms. The van der Waals surface area contributed by atoms with Gasteiger partial charge in [0, 0.05) is 12.2 Å². The van der Waals surface area contributed by atoms with E-state index in [-0.39, 0.29) is 5.91 Å². The number of carbonyl (C=O) groups excluding carboxylic acids is 1. The first-order valence-electron chi connectivity index (χ1n) is 6.57. The fourth-order valence-electron chi connectivity index (χ4n) is 2.21. The van der Waals surface area contributed by atoms with Gasteiger partial charge >= 0.3 is 0 Å². The fraction of sp³-hybridized carbons (Fsp3) is 0.200. The maximum atomic E-state index is 12.4. The molecule has 0 atom stereocenters. The van der Waals surface area contributed by atoms with Crippen LogP contribution in [-0.4, -0.2) is 10.5 Å². The van der Waals surface area contributed by atoms with Gasteiger partial charge in [0.2, 0.25) is 0 Å². The first-order chi connectivity index (χ1) is 10.1. The van der Waals surface area contributed by atoms with Crippen LogP contribution in [0.1, 0.15) is 34.9 Å². The molecule has 2 aromatic rings. The monoisotopic (exact) mass is 300 g/mol. The van der Waals surface area contributed by atoms with Gasteiger partial charge in [-0.3, -0.25) is 4.79 Å². The van der Waals surface area contributed by atoms with Gasteiger partial charge in [-0.05, 0) is 37.1 Å². The number of halogens is 1. The van der Waals surface area contributed by atoms with Crippen LogP contribution in [0.4, 0.5) is 11.4 Å². The molecule has 0 spiro atoms. The summed E-state index contributed by atoms with van der Waals surface area (Å²) in [5.74, 6) is -0.282. The van der Waals surface area contributed by atoms with E-state index in [0.717, 1.165) is 12.8 Å². The summed E-state index contributed by atoms with van der Waals surface area (Å²) in [6, 6.07) is 8.75. The minimum absolute atomic E-state index is 0.282. The number of aromatic nitrogens is 1. The van der Waals surface area contributed by atoms with Gasteiger partial charge < -0.3 is 15.6 Å². The number of nitrogen functional groups attached to an aromatic ring is 1. The van der Waals surface area contributed by atoms with Crippen LogP contribution in [0, 0.1) is 11.3 Å². The molecule has 0 aliphatic heterocycles. The highest BCUT2D eigenvalue weighted by Crippen LogP contribution is 2.37. The van der Waals surface area contributed by atoms with Crippen LogP contribution in [0.15, 0.2) is 30.5 Å². The average Bonchev–Trinajstić information content (AvgIpc) is 3.23. The van der Waals surface area contributed by atoms with Gasteiger partial charge in [-0.2, -0.15) is 5.26 Å². The molecular weight excluding hydrogens is 288 g/mol. The Morgan fingerprint density at radius 3 is 2.86 bits per heavy atom. The summed E-state index contributed by atoms with van der Waals surface area (Å²) in [4.78, 5) is 12.4. The van der Waals surface area contributed by atoms with E-state index >= 15 is 0 Å². The zero-order chi connectivity index (χ0) is 15.0. The SMILES string of the molecule is N#Cc1ccc(Cl)c(NC(=O)c2cc(N)cn2C2CC2)c1. The Hall–Kier alpha value is -2.45. The molecule has 1 aromatic carbocycles. The minimum Gasteiger partial charge on any atom is -0.397 e. The second-order valence-corrected chi connectivity index (χ2v) is 5.46. The molecule has 1 saturated carbocycles. The largest absolute Gasteiger partial charge is 0.397 e. The van der Waals surface area contributed by atoms with Gasteiger partial charge in [0.15, 0.2) is 0 Å². The number of nitrogens with one attached hydrogen (secondary N) is 1. The van der Waals surface area contributed by atoms with E-state index in [2.05, 4.69) is 5.32 Å². The Kier molecular flexibility index (Phi) is 3.32. The molecule has 1 aliphatic carbocycles. The van der Waals surface area contributed by atoms with Crippen LogP contribution in [-0.2, 0) is 0 Å². The summed E-state index contributed by atoms with van der Waals surface area (Å²) in [6.07, 6.45) is 3.89. The number of nitriles is 1. The maximum Gasteiger partial charge on any atom is 0.272 e. The molecule has 21 heavy (non-hydrogen) atoms. The van der Waals surface area contributed by atoms with E-state index in [1.54, 1.807) is 30.5 Å². The Morgan fingerprint density at radius 1 is 1.43 bits per heavy atom. The first-order valence-corrected chi connectivity index (χ1v) is 6.94. The number of rotatable bonds is 3. The summed E-state index contributed by atoms with van der Waals surface area (Å²) in [7, 11) is 0. The zero-order valence-electron chi connectivity index (χ0n) is 11.1. The predicted molar refractivity (Wildman–Crippen MR) is 81.2 cm³/mol. The van der Waals surface area contributed by atoms with E-state index in [9.17, 15) is 4.79 Å². The topological polar surface area (TPSA) is 83.8 Å². The Balaban J connectivity index is 1.88. The molecule has 0 bridgehead atoms. The van der Waals surface area contributed by atoms with Crippen molar-refractivity contribution >= 4 is 28.9 Å². The molecule has 1 aromatic heterocycles. The van der Waals surface area contributed by atoms with Crippen LogP contribution >= 0.6 is 11.6 Å². The standard InChI is InChI=1S/C15H13ClN4O/c16-12-4-1-9(7-17)5-13(12)19-15(21)14-6-10(18)8-20(14)11-2-3-11/h1,4-6,8,11H,2-3,18H2,(H,19,21). The quantitative estimate of drug-likeness (QED) is 0.913. The molecule has 1 heterocycles. The van der Waals surface area contributed by atoms with Crippen molar-refractivity contribution < 1.29 is 4.79 Å². The Morgan fingerprint density at radius 2 is 2.19 bits per heavy atom. The number of hydrogen-bond acceptors (Lipinski definition) is 3. The van der Waals surface area contributed by atoms with Crippen molar-refractivity contribution in [1.82, 2.24) is 4.57 Å². The molecule has 0 radical (unpaired) electrons. The molecule has 1 fully saturated rings. The summed E-state index contributed by atoms with van der Waals surface area (Å²) in [6.45, 7) is 0. The van der Waals surface area contributed by atoms with Gasteiger partial charge in [0.05, 0.1) is 28.0 Å². The lowest BCUT2D eigenvalue weighted by Gasteiger charge is -2.10. The van der Waals surface area contributed by atoms with Crippen molar-refractivity contribution in [3.63, 3.8) is 0 Å². The van der Waals surface area contributed by atoms with E-state index in [1.165, 1.54) is 0 Å². The zero-order valence-corrected chi connectivity index (χ0v) is 11.9. The number of benzene rings is 1. The molecule has 3 rings (SSSR count). The Labute approximate surface area is 126 Å². The van der Waals surface area contributed by atoms with Crippen molar-refractivity contribution in [2.24, 2.45) is 0 Å². The summed E-state index contributed by atoms with van der Waals surface area (Å²) in [5, 5.41) is 12.0. The van der Waals surface area contributed by atoms with Crippen molar-refractivity contribution in [2.45, 2.75) is 18.9 Å². The van der Waals surface area contributed by atoms with E-state index < -0.39 is 0 Å². The summed E-state index contributed by atoms with van der Waals surface area (Å²) in [5.41, 5.74) is 7.70. The molecule has 0 unspecified atom stereocenters. The van der Waals surface area contributed by atoms with Gasteiger partial charge in [-0.15, -0.1) is 0 Å². The molecule has 106 valence electrons. The lowest BCUT2D eigenvalue weighted by atomic mass is 10.2. The van der Waals surface area contributed by atoms with Crippen molar-refractivity contribution in [1.29, 1.82) is 5.26 Å². The average molecular weight is 301 g/mol. The highest BCUT2D eigenvalue weighted by atomic mass is 35.5. The summed E-state index contributed by atoms with van der Waals surface area (Å²) >= 11 is 6.05. The summed E-state index contributed by atoms with van der Waals surface area (Å²) < 4.78 is 1.90. The van der Waals surface area contributed by atoms with Gasteiger partial charge in [0.25, 0.3) is 5.91 Å². The van der Waals surface area contributed by atoms with E-state index in [4.69, 9.17) is 22.6 Å². The molecule has 1 amide bonds. The van der Waals surface area contributed by atoms with Crippen molar-refractivity contribution in [2.75, 3.05) is 11.1 Å². The number of amides is 1. The highest BCUT2D eigenvalue weighted by Gasteiger charge is 2.27. The minimum atomic E-state index is -0.282. The van der Waals surface area contributed by atoms with Gasteiger partial charge in [-0.25, -0.2) is 0 Å². The number of carbonyl (C=O) groups is 1. The van der Waals surface area contributed by atoms with Crippen molar-refractivity contribution in [3.05, 3.63) is 46.7 Å². The molecule has 0 saturated heterocycles. The van der Waals surface area contributed by atoms with Crippen molar-refractivity contribution in [3.8, 4) is 6.07 Å². The smallest absolute Gasteiger partial charge is 0.272 e. The van der Waals surface area contributed by atoms with E-state index in [0.29, 0.717) is 33.7 Å². The number of nitrogens with two attached hydrogens (primary N) is 1. The molecular formula is C15H13ClN4O. The number of hydrogen-bond donors (Lipinski definition) is 2. The van der Waals surface area contributed by atoms with Gasteiger partial charge in [0.1, 0.15) is 5.69 Å². The van der Waals surface area contributed by atoms with Crippen LogP contribution < -0.4 is 11.1 Å². The molecule has 1 aliphatic rings. The maximum absolute atomic E-state index is 12.4. The number of nitrogens with zero attached hydrogens (tertiary/aromatic N) is 2. The Bertz CT molecular complexity index is 756. The molecule has 3 N–H and O–H groups in total. The first kappa shape index (κ1) is 13.5. The van der Waals surface area contributed by atoms with Crippen LogP contribution in [0.3, 0.4) is 0 Å².